The van der Waals surface area contributed by atoms with Crippen LogP contribution in [0.15, 0.2) is 36.5 Å². The maximum Gasteiger partial charge on any atom is 0.251 e. The predicted octanol–water partition coefficient (Wildman–Crippen LogP) is 3.10. The van der Waals surface area contributed by atoms with Gasteiger partial charge in [0.05, 0.1) is 21.9 Å². The molecule has 1 saturated heterocycles. The second-order valence-corrected chi connectivity index (χ2v) is 7.67. The number of nitrogens with two attached hydrogens (primary N) is 1. The number of nitriles is 1. The topological polar surface area (TPSA) is 104 Å². The number of piperidine rings is 1. The first kappa shape index (κ1) is 17.5. The maximum atomic E-state index is 11.9. The number of benzene rings is 1. The van der Waals surface area contributed by atoms with Gasteiger partial charge in [0.2, 0.25) is 0 Å². The molecule has 4 rings (SSSR count). The van der Waals surface area contributed by atoms with Crippen LogP contribution in [0.4, 0.5) is 5.82 Å². The number of hydrogen-bond acceptors (Lipinski definition) is 6. The van der Waals surface area contributed by atoms with E-state index in [9.17, 15) is 4.79 Å². The molecule has 0 bridgehead atoms. The fourth-order valence-electron chi connectivity index (χ4n) is 3.37. The minimum Gasteiger partial charge on any atom is -0.366 e. The van der Waals surface area contributed by atoms with Gasteiger partial charge in [-0.15, -0.1) is 11.3 Å². The van der Waals surface area contributed by atoms with Gasteiger partial charge in [-0.1, -0.05) is 12.1 Å². The second kappa shape index (κ2) is 7.35. The number of pyridine rings is 1. The Morgan fingerprint density at radius 3 is 3.04 bits per heavy atom. The largest absolute Gasteiger partial charge is 0.366 e. The molecular weight excluding hydrogens is 358 g/mol. The van der Waals surface area contributed by atoms with Crippen LogP contribution in [-0.4, -0.2) is 30.0 Å². The van der Waals surface area contributed by atoms with E-state index in [1.165, 1.54) is 11.3 Å². The molecule has 27 heavy (non-hydrogen) atoms. The fraction of sp³-hybridized carbons (Fsp3) is 0.250. The molecule has 136 valence electrons. The highest BCUT2D eigenvalue weighted by Crippen LogP contribution is 2.38. The molecule has 0 unspecified atom stereocenters. The van der Waals surface area contributed by atoms with Gasteiger partial charge in [-0.2, -0.15) is 5.26 Å². The first-order valence-corrected chi connectivity index (χ1v) is 9.67. The lowest BCUT2D eigenvalue weighted by Gasteiger charge is -2.24. The van der Waals surface area contributed by atoms with Gasteiger partial charge in [-0.05, 0) is 43.1 Å². The van der Waals surface area contributed by atoms with E-state index < -0.39 is 5.91 Å². The van der Waals surface area contributed by atoms with Gasteiger partial charge in [0.25, 0.3) is 5.91 Å². The summed E-state index contributed by atoms with van der Waals surface area (Å²) in [5, 5.41) is 16.9. The molecule has 1 amide bonds. The van der Waals surface area contributed by atoms with Gasteiger partial charge < -0.3 is 16.4 Å². The molecule has 6 nitrogen and oxygen atoms in total. The lowest BCUT2D eigenvalue weighted by Crippen LogP contribution is -2.38. The molecule has 3 heterocycles. The Morgan fingerprint density at radius 1 is 1.41 bits per heavy atom. The highest BCUT2D eigenvalue weighted by molar-refractivity contribution is 7.22. The van der Waals surface area contributed by atoms with Gasteiger partial charge in [-0.3, -0.25) is 4.79 Å². The molecule has 0 spiro atoms. The van der Waals surface area contributed by atoms with Gasteiger partial charge in [0.15, 0.2) is 0 Å². The van der Waals surface area contributed by atoms with E-state index in [4.69, 9.17) is 11.0 Å². The molecule has 1 fully saturated rings. The monoisotopic (exact) mass is 377 g/mol. The summed E-state index contributed by atoms with van der Waals surface area (Å²) < 4.78 is 0.820. The fourth-order valence-corrected chi connectivity index (χ4v) is 4.54. The highest BCUT2D eigenvalue weighted by Gasteiger charge is 2.19. The zero-order valence-corrected chi connectivity index (χ0v) is 15.5. The van der Waals surface area contributed by atoms with Crippen LogP contribution in [-0.2, 0) is 0 Å². The van der Waals surface area contributed by atoms with Crippen molar-refractivity contribution in [1.82, 2.24) is 10.3 Å². The first-order valence-electron chi connectivity index (χ1n) is 8.86. The quantitative estimate of drug-likeness (QED) is 0.648. The summed E-state index contributed by atoms with van der Waals surface area (Å²) in [5.41, 5.74) is 7.53. The Morgan fingerprint density at radius 2 is 2.30 bits per heavy atom. The SMILES string of the molecule is N#Cc1cccc(-c2cc3c(N[C@H]4CCCNC4)ncc(C(N)=O)c3s2)c1. The third-order valence-electron chi connectivity index (χ3n) is 4.73. The number of anilines is 1. The van der Waals surface area contributed by atoms with Crippen molar-refractivity contribution in [1.29, 1.82) is 5.26 Å². The average Bonchev–Trinajstić information content (AvgIpc) is 3.14. The number of aromatic nitrogens is 1. The van der Waals surface area contributed by atoms with E-state index in [0.717, 1.165) is 52.3 Å². The molecule has 1 aliphatic heterocycles. The zero-order valence-electron chi connectivity index (χ0n) is 14.7. The second-order valence-electron chi connectivity index (χ2n) is 6.62. The van der Waals surface area contributed by atoms with Crippen LogP contribution in [0.2, 0.25) is 0 Å². The van der Waals surface area contributed by atoms with Gasteiger partial charge in [0.1, 0.15) is 5.82 Å². The van der Waals surface area contributed by atoms with E-state index in [1.807, 2.05) is 24.3 Å². The molecule has 3 aromatic rings. The Kier molecular flexibility index (Phi) is 4.75. The van der Waals surface area contributed by atoms with Crippen molar-refractivity contribution in [3.8, 4) is 16.5 Å². The van der Waals surface area contributed by atoms with Crippen molar-refractivity contribution in [2.24, 2.45) is 5.73 Å². The molecule has 0 saturated carbocycles. The average molecular weight is 377 g/mol. The molecule has 7 heteroatoms. The smallest absolute Gasteiger partial charge is 0.251 e. The molecule has 4 N–H and O–H groups in total. The molecule has 1 aromatic carbocycles. The van der Waals surface area contributed by atoms with E-state index in [2.05, 4.69) is 21.7 Å². The van der Waals surface area contributed by atoms with Crippen LogP contribution in [0.1, 0.15) is 28.8 Å². The first-order chi connectivity index (χ1) is 13.2. The molecule has 1 aliphatic rings. The Bertz CT molecular complexity index is 1050. The number of carbonyl (C=O) groups excluding carboxylic acids is 1. The Hall–Kier alpha value is -2.95. The van der Waals surface area contributed by atoms with Crippen LogP contribution in [0.5, 0.6) is 0 Å². The zero-order chi connectivity index (χ0) is 18.8. The van der Waals surface area contributed by atoms with E-state index in [-0.39, 0.29) is 0 Å². The number of rotatable bonds is 4. The lowest BCUT2D eigenvalue weighted by atomic mass is 10.1. The van der Waals surface area contributed by atoms with E-state index >= 15 is 0 Å². The van der Waals surface area contributed by atoms with Crippen molar-refractivity contribution in [3.05, 3.63) is 47.7 Å². The number of carbonyl (C=O) groups is 1. The van der Waals surface area contributed by atoms with Crippen LogP contribution in [0, 0.1) is 11.3 Å². The van der Waals surface area contributed by atoms with Gasteiger partial charge in [-0.25, -0.2) is 4.98 Å². The summed E-state index contributed by atoms with van der Waals surface area (Å²) in [6.07, 6.45) is 3.75. The number of nitrogens with one attached hydrogen (secondary N) is 2. The summed E-state index contributed by atoms with van der Waals surface area (Å²) >= 11 is 1.49. The number of hydrogen-bond donors (Lipinski definition) is 3. The third kappa shape index (κ3) is 3.50. The minimum absolute atomic E-state index is 0.305. The molecular formula is C20H19N5OS. The minimum atomic E-state index is -0.488. The number of primary amides is 1. The van der Waals surface area contributed by atoms with Crippen molar-refractivity contribution >= 4 is 33.1 Å². The van der Waals surface area contributed by atoms with E-state index in [0.29, 0.717) is 17.2 Å². The summed E-state index contributed by atoms with van der Waals surface area (Å²) in [5.74, 6) is 0.278. The van der Waals surface area contributed by atoms with Crippen molar-refractivity contribution in [3.63, 3.8) is 0 Å². The van der Waals surface area contributed by atoms with Gasteiger partial charge in [0, 0.05) is 29.0 Å². The van der Waals surface area contributed by atoms with Crippen molar-refractivity contribution in [2.45, 2.75) is 18.9 Å². The Balaban J connectivity index is 1.80. The van der Waals surface area contributed by atoms with Gasteiger partial charge >= 0.3 is 0 Å². The number of thiophene rings is 1. The van der Waals surface area contributed by atoms with Crippen LogP contribution in [0.25, 0.3) is 20.5 Å². The summed E-state index contributed by atoms with van der Waals surface area (Å²) in [4.78, 5) is 17.3. The number of nitrogens with zero attached hydrogens (tertiary/aromatic N) is 2. The maximum absolute atomic E-state index is 11.9. The van der Waals surface area contributed by atoms with Crippen molar-refractivity contribution < 1.29 is 4.79 Å². The standard InChI is InChI=1S/C20H19N5OS/c21-9-12-3-1-4-13(7-12)17-8-15-18(27-17)16(19(22)26)11-24-20(15)25-14-5-2-6-23-10-14/h1,3-4,7-8,11,14,23H,2,5-6,10H2,(H2,22,26)(H,24,25)/t14-/m0/s1. The Labute approximate surface area is 161 Å². The van der Waals surface area contributed by atoms with Crippen LogP contribution in [0.3, 0.4) is 0 Å². The number of amides is 1. The van der Waals surface area contributed by atoms with Crippen LogP contribution >= 0.6 is 11.3 Å². The normalized spacial score (nSPS) is 16.8. The summed E-state index contributed by atoms with van der Waals surface area (Å²) in [7, 11) is 0. The van der Waals surface area contributed by atoms with E-state index in [1.54, 1.807) is 12.3 Å². The molecule has 2 aromatic heterocycles. The summed E-state index contributed by atoms with van der Waals surface area (Å²) in [6, 6.07) is 11.9. The molecule has 0 radical (unpaired) electrons. The highest BCUT2D eigenvalue weighted by atomic mass is 32.1. The van der Waals surface area contributed by atoms with Crippen molar-refractivity contribution in [2.75, 3.05) is 18.4 Å². The predicted molar refractivity (Wildman–Crippen MR) is 108 cm³/mol. The van der Waals surface area contributed by atoms with Crippen LogP contribution < -0.4 is 16.4 Å². The number of fused-ring (bicyclic) bond motifs is 1. The molecule has 0 aliphatic carbocycles. The third-order valence-corrected chi connectivity index (χ3v) is 5.95. The summed E-state index contributed by atoms with van der Waals surface area (Å²) in [6.45, 7) is 1.93. The lowest BCUT2D eigenvalue weighted by molar-refractivity contribution is 0.100. The molecule has 1 atom stereocenters.